The van der Waals surface area contributed by atoms with E-state index in [1.54, 1.807) is 23.1 Å². The van der Waals surface area contributed by atoms with Crippen LogP contribution in [0.5, 0.6) is 0 Å². The van der Waals surface area contributed by atoms with Crippen molar-refractivity contribution in [2.75, 3.05) is 31.3 Å². The van der Waals surface area contributed by atoms with E-state index in [9.17, 15) is 14.7 Å². The molecule has 1 heterocycles. The number of hydrogen-bond donors (Lipinski definition) is 3. The summed E-state index contributed by atoms with van der Waals surface area (Å²) in [5.41, 5.74) is 12.6. The molecule has 0 spiro atoms. The Morgan fingerprint density at radius 3 is 2.62 bits per heavy atom. The minimum atomic E-state index is -0.788. The lowest BCUT2D eigenvalue weighted by Crippen LogP contribution is -2.44. The fourth-order valence-corrected chi connectivity index (χ4v) is 2.58. The first-order valence-corrected chi connectivity index (χ1v) is 6.66. The maximum Gasteiger partial charge on any atom is 0.256 e. The highest BCUT2D eigenvalue weighted by molar-refractivity contribution is 6.03. The van der Waals surface area contributed by atoms with E-state index in [-0.39, 0.29) is 18.9 Å². The number of aliphatic hydroxyl groups is 1. The van der Waals surface area contributed by atoms with E-state index < -0.39 is 18.1 Å². The normalized spacial score (nSPS) is 21.4. The van der Waals surface area contributed by atoms with Crippen LogP contribution in [0.2, 0.25) is 0 Å². The highest BCUT2D eigenvalue weighted by Crippen LogP contribution is 2.27. The van der Waals surface area contributed by atoms with E-state index in [0.717, 1.165) is 0 Å². The van der Waals surface area contributed by atoms with Crippen LogP contribution in [0.4, 0.5) is 11.4 Å². The predicted octanol–water partition coefficient (Wildman–Crippen LogP) is -0.604. The lowest BCUT2D eigenvalue weighted by Gasteiger charge is -2.25. The molecule has 7 heteroatoms. The summed E-state index contributed by atoms with van der Waals surface area (Å²) in [5, 5.41) is 9.71. The van der Waals surface area contributed by atoms with Crippen LogP contribution in [0.3, 0.4) is 0 Å². The molecule has 0 bridgehead atoms. The summed E-state index contributed by atoms with van der Waals surface area (Å²) in [6.07, 6.45) is -0.573. The number of primary amides is 1. The number of aliphatic hydroxyl groups excluding tert-OH is 1. The van der Waals surface area contributed by atoms with Crippen molar-refractivity contribution in [1.29, 1.82) is 0 Å². The van der Waals surface area contributed by atoms with E-state index in [0.29, 0.717) is 16.9 Å². The number of nitrogens with two attached hydrogens (primary N) is 2. The van der Waals surface area contributed by atoms with Crippen molar-refractivity contribution < 1.29 is 14.7 Å². The number of β-amino-alcohol motifs (C(OH)–C–C–N with tert-alkyl or cyclic N) is 1. The zero-order chi connectivity index (χ0) is 15.7. The molecule has 1 fully saturated rings. The third kappa shape index (κ3) is 2.92. The van der Waals surface area contributed by atoms with Crippen molar-refractivity contribution in [2.45, 2.75) is 18.6 Å². The van der Waals surface area contributed by atoms with Crippen molar-refractivity contribution in [3.05, 3.63) is 23.8 Å². The van der Waals surface area contributed by atoms with Gasteiger partial charge >= 0.3 is 0 Å². The molecule has 2 rings (SSSR count). The molecular weight excluding hydrogens is 272 g/mol. The topological polar surface area (TPSA) is 113 Å². The summed E-state index contributed by atoms with van der Waals surface area (Å²) in [4.78, 5) is 27.3. The molecule has 1 saturated heterocycles. The molecule has 114 valence electrons. The largest absolute Gasteiger partial charge is 0.399 e. The monoisotopic (exact) mass is 292 g/mol. The Morgan fingerprint density at radius 1 is 1.38 bits per heavy atom. The van der Waals surface area contributed by atoms with Gasteiger partial charge in [-0.3, -0.25) is 9.59 Å². The highest BCUT2D eigenvalue weighted by Gasteiger charge is 2.38. The summed E-state index contributed by atoms with van der Waals surface area (Å²) in [6, 6.07) is 4.23. The first-order chi connectivity index (χ1) is 9.81. The lowest BCUT2D eigenvalue weighted by molar-refractivity contribution is -0.121. The molecule has 1 aromatic rings. The fourth-order valence-electron chi connectivity index (χ4n) is 2.58. The van der Waals surface area contributed by atoms with Crippen LogP contribution >= 0.6 is 0 Å². The lowest BCUT2D eigenvalue weighted by atomic mass is 10.1. The van der Waals surface area contributed by atoms with Gasteiger partial charge in [-0.25, -0.2) is 0 Å². The number of anilines is 2. The smallest absolute Gasteiger partial charge is 0.256 e. The molecule has 2 amide bonds. The maximum absolute atomic E-state index is 12.7. The molecule has 0 radical (unpaired) electrons. The summed E-state index contributed by atoms with van der Waals surface area (Å²) < 4.78 is 0. The molecule has 21 heavy (non-hydrogen) atoms. The summed E-state index contributed by atoms with van der Waals surface area (Å²) in [7, 11) is 3.62. The second kappa shape index (κ2) is 5.61. The number of rotatable bonds is 3. The van der Waals surface area contributed by atoms with Gasteiger partial charge in [0.1, 0.15) is 6.04 Å². The number of amides is 2. The van der Waals surface area contributed by atoms with Gasteiger partial charge in [-0.05, 0) is 18.2 Å². The Hall–Kier alpha value is -2.28. The van der Waals surface area contributed by atoms with Crippen molar-refractivity contribution in [3.63, 3.8) is 0 Å². The average molecular weight is 292 g/mol. The third-order valence-corrected chi connectivity index (χ3v) is 3.60. The molecule has 0 saturated carbocycles. The molecule has 0 aliphatic carbocycles. The molecule has 1 aliphatic rings. The fraction of sp³-hybridized carbons (Fsp3) is 0.429. The van der Waals surface area contributed by atoms with Crippen molar-refractivity contribution >= 4 is 23.2 Å². The molecule has 1 aromatic carbocycles. The van der Waals surface area contributed by atoms with Crippen LogP contribution in [0, 0.1) is 0 Å². The van der Waals surface area contributed by atoms with Crippen LogP contribution in [0.1, 0.15) is 16.8 Å². The first-order valence-electron chi connectivity index (χ1n) is 6.66. The van der Waals surface area contributed by atoms with Gasteiger partial charge in [0.25, 0.3) is 5.91 Å². The van der Waals surface area contributed by atoms with E-state index in [4.69, 9.17) is 11.5 Å². The van der Waals surface area contributed by atoms with E-state index in [2.05, 4.69) is 0 Å². The van der Waals surface area contributed by atoms with Gasteiger partial charge in [-0.15, -0.1) is 0 Å². The number of hydrogen-bond acceptors (Lipinski definition) is 5. The number of nitrogen functional groups attached to an aromatic ring is 1. The highest BCUT2D eigenvalue weighted by atomic mass is 16.3. The predicted molar refractivity (Wildman–Crippen MR) is 79.8 cm³/mol. The second-order valence-electron chi connectivity index (χ2n) is 5.44. The quantitative estimate of drug-likeness (QED) is 0.644. The minimum absolute atomic E-state index is 0.0914. The first kappa shape index (κ1) is 15.1. The Morgan fingerprint density at radius 2 is 2.05 bits per heavy atom. The molecule has 2 atom stereocenters. The second-order valence-corrected chi connectivity index (χ2v) is 5.44. The summed E-state index contributed by atoms with van der Waals surface area (Å²) >= 11 is 0. The van der Waals surface area contributed by atoms with Gasteiger partial charge in [0.15, 0.2) is 0 Å². The van der Waals surface area contributed by atoms with Gasteiger partial charge in [-0.1, -0.05) is 0 Å². The van der Waals surface area contributed by atoms with Gasteiger partial charge in [0.2, 0.25) is 5.91 Å². The van der Waals surface area contributed by atoms with Crippen LogP contribution in [-0.2, 0) is 4.79 Å². The Balaban J connectivity index is 2.39. The zero-order valence-electron chi connectivity index (χ0n) is 12.1. The number of benzene rings is 1. The third-order valence-electron chi connectivity index (χ3n) is 3.60. The Labute approximate surface area is 123 Å². The molecular formula is C14H20N4O3. The van der Waals surface area contributed by atoms with Gasteiger partial charge < -0.3 is 26.4 Å². The minimum Gasteiger partial charge on any atom is -0.399 e. The Kier molecular flexibility index (Phi) is 4.04. The molecule has 7 nitrogen and oxygen atoms in total. The van der Waals surface area contributed by atoms with Crippen molar-refractivity contribution in [1.82, 2.24) is 4.90 Å². The number of carbonyl (C=O) groups excluding carboxylic acids is 2. The van der Waals surface area contributed by atoms with Crippen LogP contribution in [-0.4, -0.2) is 54.6 Å². The van der Waals surface area contributed by atoms with Gasteiger partial charge in [0, 0.05) is 38.4 Å². The maximum atomic E-state index is 12.7. The standard InChI is InChI=1S/C14H20N4O3/c1-17(2)11-4-3-8(15)5-10(11)14(21)18-7-9(19)6-12(18)13(16)20/h3-5,9,12,19H,6-7,15H2,1-2H3,(H2,16,20). The summed E-state index contributed by atoms with van der Waals surface area (Å²) in [6.45, 7) is 0.0914. The number of carbonyl (C=O) groups is 2. The molecule has 5 N–H and O–H groups in total. The molecule has 0 aromatic heterocycles. The molecule has 2 unspecified atom stereocenters. The van der Waals surface area contributed by atoms with Crippen LogP contribution in [0.15, 0.2) is 18.2 Å². The van der Waals surface area contributed by atoms with Crippen LogP contribution in [0.25, 0.3) is 0 Å². The van der Waals surface area contributed by atoms with Crippen LogP contribution < -0.4 is 16.4 Å². The van der Waals surface area contributed by atoms with E-state index >= 15 is 0 Å². The zero-order valence-corrected chi connectivity index (χ0v) is 12.1. The van der Waals surface area contributed by atoms with Gasteiger partial charge in [0.05, 0.1) is 11.7 Å². The number of nitrogens with zero attached hydrogens (tertiary/aromatic N) is 2. The Bertz CT molecular complexity index is 573. The number of likely N-dealkylation sites (tertiary alicyclic amines) is 1. The SMILES string of the molecule is CN(C)c1ccc(N)cc1C(=O)N1CC(O)CC1C(N)=O. The van der Waals surface area contributed by atoms with Crippen molar-refractivity contribution in [3.8, 4) is 0 Å². The summed E-state index contributed by atoms with van der Waals surface area (Å²) in [5.74, 6) is -0.971. The van der Waals surface area contributed by atoms with E-state index in [1.165, 1.54) is 4.90 Å². The molecule has 1 aliphatic heterocycles. The van der Waals surface area contributed by atoms with E-state index in [1.807, 2.05) is 14.1 Å². The van der Waals surface area contributed by atoms with Crippen molar-refractivity contribution in [2.24, 2.45) is 5.73 Å². The average Bonchev–Trinajstić information content (AvgIpc) is 2.79. The van der Waals surface area contributed by atoms with Gasteiger partial charge in [-0.2, -0.15) is 0 Å².